The van der Waals surface area contributed by atoms with Gasteiger partial charge >= 0.3 is 17.4 Å². The van der Waals surface area contributed by atoms with Crippen molar-refractivity contribution in [2.75, 3.05) is 0 Å². The number of hydrogen-bond acceptors (Lipinski definition) is 4. The van der Waals surface area contributed by atoms with Gasteiger partial charge in [0, 0.05) is 6.55 Å². The van der Waals surface area contributed by atoms with Crippen LogP contribution in [0.5, 0.6) is 0 Å². The van der Waals surface area contributed by atoms with E-state index in [0.717, 1.165) is 0 Å². The molecule has 0 aromatic rings. The quantitative estimate of drug-likeness (QED) is 0.599. The molecule has 0 N–H and O–H groups in total. The molecule has 0 bridgehead atoms. The average Bonchev–Trinajstić information content (AvgIpc) is 1.86. The van der Waals surface area contributed by atoms with Crippen LogP contribution < -0.4 is 0 Å². The van der Waals surface area contributed by atoms with Gasteiger partial charge in [0.1, 0.15) is 0 Å². The van der Waals surface area contributed by atoms with Crippen LogP contribution >= 0.6 is 0 Å². The van der Waals surface area contributed by atoms with Crippen molar-refractivity contribution >= 4 is 43.0 Å². The minimum absolute atomic E-state index is 0.866. The maximum Gasteiger partial charge on any atom is 0.467 e. The summed E-state index contributed by atoms with van der Waals surface area (Å²) in [7, 11) is -9.05. The van der Waals surface area contributed by atoms with Crippen LogP contribution in [0.25, 0.3) is 0 Å². The Kier molecular flexibility index (Phi) is 7.33. The Morgan fingerprint density at radius 1 is 0.600 bits per heavy atom. The molecule has 0 saturated heterocycles. The van der Waals surface area contributed by atoms with Crippen molar-refractivity contribution in [3.8, 4) is 0 Å². The van der Waals surface area contributed by atoms with Crippen molar-refractivity contribution in [2.45, 2.75) is 72.0 Å². The Hall–Kier alpha value is 0.924. The van der Waals surface area contributed by atoms with Crippen LogP contribution in [0.15, 0.2) is 0 Å². The SMILES string of the molecule is C[Si](C)O[Si](C)(O[Si](C)(C)C)O[Si](C)(C)O[Si](C)(C)C. The lowest BCUT2D eigenvalue weighted by atomic mass is 11.8. The summed E-state index contributed by atoms with van der Waals surface area (Å²) in [5.41, 5.74) is 0. The van der Waals surface area contributed by atoms with Crippen molar-refractivity contribution in [1.82, 2.24) is 0 Å². The maximum atomic E-state index is 6.39. The van der Waals surface area contributed by atoms with Crippen molar-refractivity contribution in [3.63, 3.8) is 0 Å². The summed E-state index contributed by atoms with van der Waals surface area (Å²) < 4.78 is 25.1. The lowest BCUT2D eigenvalue weighted by Crippen LogP contribution is -2.59. The van der Waals surface area contributed by atoms with Crippen LogP contribution in [0.2, 0.25) is 72.0 Å². The summed E-state index contributed by atoms with van der Waals surface area (Å²) in [6.45, 7) is 23.6. The third-order valence-electron chi connectivity index (χ3n) is 1.86. The van der Waals surface area contributed by atoms with Crippen molar-refractivity contribution in [2.24, 2.45) is 0 Å². The molecule has 0 aromatic heterocycles. The molecule has 0 fully saturated rings. The van der Waals surface area contributed by atoms with E-state index >= 15 is 0 Å². The van der Waals surface area contributed by atoms with E-state index in [4.69, 9.17) is 16.5 Å². The third-order valence-corrected chi connectivity index (χ3v) is 16.8. The second kappa shape index (κ2) is 7.00. The average molecular weight is 370 g/mol. The van der Waals surface area contributed by atoms with Gasteiger partial charge in [-0.25, -0.2) is 0 Å². The Morgan fingerprint density at radius 2 is 1.00 bits per heavy atom. The van der Waals surface area contributed by atoms with Crippen molar-refractivity contribution < 1.29 is 16.5 Å². The highest BCUT2D eigenvalue weighted by Gasteiger charge is 2.47. The fraction of sp³-hybridized carbons (Fsp3) is 1.00. The predicted octanol–water partition coefficient (Wildman–Crippen LogP) is 4.24. The molecule has 121 valence electrons. The van der Waals surface area contributed by atoms with Crippen LogP contribution in [-0.2, 0) is 16.5 Å². The Balaban J connectivity index is 5.06. The topological polar surface area (TPSA) is 36.9 Å². The first-order chi connectivity index (χ1) is 8.54. The lowest BCUT2D eigenvalue weighted by Gasteiger charge is -2.40. The van der Waals surface area contributed by atoms with Gasteiger partial charge in [0.15, 0.2) is 25.7 Å². The second-order valence-corrected chi connectivity index (χ2v) is 25.9. The van der Waals surface area contributed by atoms with E-state index in [0.29, 0.717) is 0 Å². The molecule has 0 aliphatic heterocycles. The Morgan fingerprint density at radius 3 is 1.30 bits per heavy atom. The molecule has 0 aliphatic carbocycles. The molecule has 0 spiro atoms. The zero-order chi connectivity index (χ0) is 16.4. The molecule has 0 rings (SSSR count). The fourth-order valence-electron chi connectivity index (χ4n) is 2.19. The smallest absolute Gasteiger partial charge is 0.437 e. The van der Waals surface area contributed by atoms with E-state index in [1.54, 1.807) is 0 Å². The zero-order valence-corrected chi connectivity index (χ0v) is 20.1. The fourth-order valence-corrected chi connectivity index (χ4v) is 21.2. The van der Waals surface area contributed by atoms with Crippen LogP contribution in [0.3, 0.4) is 0 Å². The largest absolute Gasteiger partial charge is 0.467 e. The predicted molar refractivity (Wildman–Crippen MR) is 97.6 cm³/mol. The Bertz CT molecular complexity index is 311. The maximum absolute atomic E-state index is 6.39. The number of hydrogen-bond donors (Lipinski definition) is 0. The summed E-state index contributed by atoms with van der Waals surface area (Å²) >= 11 is 0. The molecular weight excluding hydrogens is 337 g/mol. The lowest BCUT2D eigenvalue weighted by molar-refractivity contribution is 0.240. The van der Waals surface area contributed by atoms with Gasteiger partial charge in [-0.2, -0.15) is 0 Å². The first kappa shape index (κ1) is 20.9. The molecule has 0 saturated carbocycles. The van der Waals surface area contributed by atoms with Gasteiger partial charge in [0.2, 0.25) is 0 Å². The highest BCUT2D eigenvalue weighted by atomic mass is 28.5. The molecule has 9 heteroatoms. The molecule has 4 nitrogen and oxygen atoms in total. The normalized spacial score (nSPS) is 17.4. The van der Waals surface area contributed by atoms with Gasteiger partial charge in [0.25, 0.3) is 0 Å². The van der Waals surface area contributed by atoms with E-state index in [-0.39, 0.29) is 0 Å². The van der Waals surface area contributed by atoms with E-state index in [1.165, 1.54) is 0 Å². The standard InChI is InChI=1S/C11H33O4Si5/c1-16(2)12-20(11,14-18(6,7)8)15-19(9,10)13-17(3,4)5/h1-11H3. The molecule has 1 radical (unpaired) electrons. The van der Waals surface area contributed by atoms with Gasteiger partial charge in [0.05, 0.1) is 0 Å². The first-order valence-corrected chi connectivity index (χ1v) is 21.4. The zero-order valence-electron chi connectivity index (χ0n) is 15.1. The highest BCUT2D eigenvalue weighted by molar-refractivity contribution is 6.89. The molecule has 0 aliphatic rings. The summed E-state index contributed by atoms with van der Waals surface area (Å²) in [6.07, 6.45) is 0. The molecule has 1 unspecified atom stereocenters. The summed E-state index contributed by atoms with van der Waals surface area (Å²) in [4.78, 5) is 0. The van der Waals surface area contributed by atoms with Crippen LogP contribution in [0.4, 0.5) is 0 Å². The molecule has 0 amide bonds. The molecule has 0 heterocycles. The minimum atomic E-state index is -2.62. The van der Waals surface area contributed by atoms with E-state index in [2.05, 4.69) is 65.5 Å². The highest BCUT2D eigenvalue weighted by Crippen LogP contribution is 2.25. The minimum Gasteiger partial charge on any atom is -0.437 e. The van der Waals surface area contributed by atoms with E-state index in [1.807, 2.05) is 6.55 Å². The van der Waals surface area contributed by atoms with Crippen molar-refractivity contribution in [1.29, 1.82) is 0 Å². The number of rotatable bonds is 8. The van der Waals surface area contributed by atoms with Gasteiger partial charge in [-0.15, -0.1) is 0 Å². The van der Waals surface area contributed by atoms with Gasteiger partial charge in [-0.3, -0.25) is 0 Å². The molecule has 1 atom stereocenters. The van der Waals surface area contributed by atoms with Crippen LogP contribution in [0.1, 0.15) is 0 Å². The van der Waals surface area contributed by atoms with Gasteiger partial charge < -0.3 is 16.5 Å². The molecule has 20 heavy (non-hydrogen) atoms. The van der Waals surface area contributed by atoms with E-state index in [9.17, 15) is 0 Å². The summed E-state index contributed by atoms with van der Waals surface area (Å²) in [6, 6.07) is 0. The first-order valence-electron chi connectivity index (χ1n) is 7.13. The Labute approximate surface area is 131 Å². The van der Waals surface area contributed by atoms with Crippen LogP contribution in [0, 0.1) is 0 Å². The summed E-state index contributed by atoms with van der Waals surface area (Å²) in [5.74, 6) is 0. The second-order valence-electron chi connectivity index (χ2n) is 7.80. The molecule has 0 aromatic carbocycles. The molecular formula is C11H33O4Si5. The van der Waals surface area contributed by atoms with Crippen LogP contribution in [-0.4, -0.2) is 43.0 Å². The van der Waals surface area contributed by atoms with Gasteiger partial charge in [-0.1, -0.05) is 0 Å². The third kappa shape index (κ3) is 10.6. The van der Waals surface area contributed by atoms with Gasteiger partial charge in [-0.05, 0) is 65.5 Å². The monoisotopic (exact) mass is 369 g/mol. The van der Waals surface area contributed by atoms with E-state index < -0.39 is 43.0 Å². The van der Waals surface area contributed by atoms with Crippen molar-refractivity contribution in [3.05, 3.63) is 0 Å². The summed E-state index contributed by atoms with van der Waals surface area (Å²) in [5, 5.41) is 0.